The molecule has 0 saturated carbocycles. The first-order valence-corrected chi connectivity index (χ1v) is 9.48. The standard InChI is InChI=1S/C22H18F5N3O3/c1-8-11(4)30-18(16(19(8)31)20(28)32)15-9(2)12(22(25,26)27)7-29-21(15)33-14-6-5-13(23)17(24)10(14)3/h5-7H,1-4H3,(H2,28,32)(H,30,31). The van der Waals surface area contributed by atoms with Crippen LogP contribution in [0.3, 0.4) is 0 Å². The zero-order valence-corrected chi connectivity index (χ0v) is 17.9. The fraction of sp³-hybridized carbons (Fsp3) is 0.227. The van der Waals surface area contributed by atoms with Gasteiger partial charge in [-0.1, -0.05) is 0 Å². The Bertz CT molecular complexity index is 1350. The summed E-state index contributed by atoms with van der Waals surface area (Å²) in [7, 11) is 0. The van der Waals surface area contributed by atoms with Crippen LogP contribution in [0.15, 0.2) is 23.1 Å². The summed E-state index contributed by atoms with van der Waals surface area (Å²) in [6, 6.07) is 1.85. The van der Waals surface area contributed by atoms with E-state index in [2.05, 4.69) is 9.97 Å². The zero-order chi connectivity index (χ0) is 24.8. The molecule has 0 fully saturated rings. The number of amides is 1. The van der Waals surface area contributed by atoms with Crippen molar-refractivity contribution in [2.75, 3.05) is 0 Å². The van der Waals surface area contributed by atoms with E-state index in [0.29, 0.717) is 6.20 Å². The van der Waals surface area contributed by atoms with Crippen LogP contribution in [0, 0.1) is 39.3 Å². The third kappa shape index (κ3) is 4.18. The minimum atomic E-state index is -4.82. The number of primary amides is 1. The number of nitrogens with zero attached hydrogens (tertiary/aromatic N) is 1. The number of rotatable bonds is 4. The van der Waals surface area contributed by atoms with Crippen molar-refractivity contribution in [3.8, 4) is 22.9 Å². The molecule has 0 aliphatic rings. The maximum Gasteiger partial charge on any atom is 0.418 e. The Hall–Kier alpha value is -3.76. The molecule has 3 N–H and O–H groups in total. The van der Waals surface area contributed by atoms with Crippen molar-refractivity contribution in [1.82, 2.24) is 9.97 Å². The van der Waals surface area contributed by atoms with Gasteiger partial charge in [0, 0.05) is 23.0 Å². The number of aromatic nitrogens is 2. The number of ether oxygens (including phenoxy) is 1. The predicted molar refractivity (Wildman–Crippen MR) is 109 cm³/mol. The third-order valence-electron chi connectivity index (χ3n) is 5.29. The lowest BCUT2D eigenvalue weighted by Crippen LogP contribution is -2.26. The molecule has 0 aliphatic heterocycles. The van der Waals surface area contributed by atoms with Crippen LogP contribution >= 0.6 is 0 Å². The van der Waals surface area contributed by atoms with Crippen molar-refractivity contribution >= 4 is 5.91 Å². The van der Waals surface area contributed by atoms with E-state index in [1.165, 1.54) is 20.8 Å². The van der Waals surface area contributed by atoms with E-state index in [1.54, 1.807) is 0 Å². The van der Waals surface area contributed by atoms with Crippen LogP contribution in [0.5, 0.6) is 11.6 Å². The van der Waals surface area contributed by atoms with E-state index in [4.69, 9.17) is 10.5 Å². The average Bonchev–Trinajstić information content (AvgIpc) is 2.71. The average molecular weight is 467 g/mol. The third-order valence-corrected chi connectivity index (χ3v) is 5.29. The summed E-state index contributed by atoms with van der Waals surface area (Å²) < 4.78 is 73.9. The fourth-order valence-corrected chi connectivity index (χ4v) is 3.32. The van der Waals surface area contributed by atoms with Gasteiger partial charge in [-0.25, -0.2) is 13.8 Å². The number of nitrogens with two attached hydrogens (primary N) is 1. The van der Waals surface area contributed by atoms with Crippen LogP contribution in [0.1, 0.15) is 38.3 Å². The molecular weight excluding hydrogens is 449 g/mol. The Balaban J connectivity index is 2.41. The zero-order valence-electron chi connectivity index (χ0n) is 17.9. The minimum absolute atomic E-state index is 0.143. The lowest BCUT2D eigenvalue weighted by molar-refractivity contribution is -0.138. The van der Waals surface area contributed by atoms with Gasteiger partial charge in [-0.05, 0) is 45.4 Å². The molecule has 0 bridgehead atoms. The van der Waals surface area contributed by atoms with Crippen LogP contribution in [-0.2, 0) is 6.18 Å². The number of hydrogen-bond acceptors (Lipinski definition) is 4. The van der Waals surface area contributed by atoms with E-state index in [1.807, 2.05) is 0 Å². The van der Waals surface area contributed by atoms with Crippen molar-refractivity contribution in [2.45, 2.75) is 33.9 Å². The molecule has 174 valence electrons. The Labute approximate surface area is 184 Å². The largest absolute Gasteiger partial charge is 0.438 e. The number of nitrogens with one attached hydrogen (secondary N) is 1. The van der Waals surface area contributed by atoms with E-state index in [0.717, 1.165) is 19.1 Å². The maximum atomic E-state index is 14.0. The summed E-state index contributed by atoms with van der Waals surface area (Å²) in [6.45, 7) is 5.21. The molecule has 0 spiro atoms. The molecule has 0 aliphatic carbocycles. The van der Waals surface area contributed by atoms with Gasteiger partial charge in [-0.2, -0.15) is 13.2 Å². The minimum Gasteiger partial charge on any atom is -0.438 e. The lowest BCUT2D eigenvalue weighted by atomic mass is 9.96. The molecule has 3 rings (SSSR count). The monoisotopic (exact) mass is 467 g/mol. The highest BCUT2D eigenvalue weighted by Gasteiger charge is 2.36. The van der Waals surface area contributed by atoms with E-state index < -0.39 is 51.7 Å². The summed E-state index contributed by atoms with van der Waals surface area (Å²) in [6.07, 6.45) is -4.32. The van der Waals surface area contributed by atoms with E-state index >= 15 is 0 Å². The molecule has 1 aromatic carbocycles. The number of carbonyl (C=O) groups is 1. The topological polar surface area (TPSA) is 98.1 Å². The SMILES string of the molecule is Cc1[nH]c(-c2c(Oc3ccc(F)c(F)c3C)ncc(C(F)(F)F)c2C)c(C(N)=O)c(=O)c1C. The second kappa shape index (κ2) is 8.30. The number of halogens is 5. The van der Waals surface area contributed by atoms with Crippen LogP contribution in [0.25, 0.3) is 11.3 Å². The molecular formula is C22H18F5N3O3. The summed E-state index contributed by atoms with van der Waals surface area (Å²) >= 11 is 0. The first-order valence-electron chi connectivity index (χ1n) is 9.48. The molecule has 0 atom stereocenters. The predicted octanol–water partition coefficient (Wildman–Crippen LogP) is 4.86. The van der Waals surface area contributed by atoms with Gasteiger partial charge in [0.05, 0.1) is 16.8 Å². The smallest absolute Gasteiger partial charge is 0.418 e. The first kappa shape index (κ1) is 23.9. The number of alkyl halides is 3. The molecule has 0 radical (unpaired) electrons. The van der Waals surface area contributed by atoms with Gasteiger partial charge in [0.1, 0.15) is 11.3 Å². The van der Waals surface area contributed by atoms with Crippen LogP contribution in [-0.4, -0.2) is 15.9 Å². The van der Waals surface area contributed by atoms with Gasteiger partial charge in [0.25, 0.3) is 5.91 Å². The first-order chi connectivity index (χ1) is 15.3. The van der Waals surface area contributed by atoms with Crippen molar-refractivity contribution < 1.29 is 31.5 Å². The molecule has 2 heterocycles. The number of hydrogen-bond donors (Lipinski definition) is 2. The molecule has 1 amide bonds. The molecule has 6 nitrogen and oxygen atoms in total. The van der Waals surface area contributed by atoms with Gasteiger partial charge < -0.3 is 15.5 Å². The Kier molecular flexibility index (Phi) is 6.01. The summed E-state index contributed by atoms with van der Waals surface area (Å²) in [5.41, 5.74) is 1.88. The number of carbonyl (C=O) groups excluding carboxylic acids is 1. The maximum absolute atomic E-state index is 14.0. The second-order valence-corrected chi connectivity index (χ2v) is 7.38. The number of pyridine rings is 2. The highest BCUT2D eigenvalue weighted by molar-refractivity contribution is 6.00. The quantitative estimate of drug-likeness (QED) is 0.536. The number of benzene rings is 1. The van der Waals surface area contributed by atoms with Crippen molar-refractivity contribution in [3.63, 3.8) is 0 Å². The number of aromatic amines is 1. The molecule has 2 aromatic heterocycles. The summed E-state index contributed by atoms with van der Waals surface area (Å²) in [4.78, 5) is 31.3. The van der Waals surface area contributed by atoms with Crippen molar-refractivity contribution in [2.24, 2.45) is 5.73 Å². The van der Waals surface area contributed by atoms with Crippen LogP contribution in [0.4, 0.5) is 22.0 Å². The van der Waals surface area contributed by atoms with E-state index in [9.17, 15) is 31.5 Å². The fourth-order valence-electron chi connectivity index (χ4n) is 3.32. The second-order valence-electron chi connectivity index (χ2n) is 7.38. The lowest BCUT2D eigenvalue weighted by Gasteiger charge is -2.20. The highest BCUT2D eigenvalue weighted by atomic mass is 19.4. The van der Waals surface area contributed by atoms with Crippen molar-refractivity contribution in [3.05, 3.63) is 73.7 Å². The molecule has 0 saturated heterocycles. The molecule has 3 aromatic rings. The van der Waals surface area contributed by atoms with Crippen LogP contribution in [0.2, 0.25) is 0 Å². The summed E-state index contributed by atoms with van der Waals surface area (Å²) in [5.74, 6) is -4.24. The van der Waals surface area contributed by atoms with E-state index in [-0.39, 0.29) is 33.8 Å². The van der Waals surface area contributed by atoms with Gasteiger partial charge >= 0.3 is 6.18 Å². The normalized spacial score (nSPS) is 11.5. The molecule has 11 heteroatoms. The Morgan fingerprint density at radius 1 is 1.06 bits per heavy atom. The number of H-pyrrole nitrogens is 1. The van der Waals surface area contributed by atoms with Gasteiger partial charge in [-0.3, -0.25) is 9.59 Å². The van der Waals surface area contributed by atoms with Gasteiger partial charge in [0.2, 0.25) is 5.88 Å². The van der Waals surface area contributed by atoms with Gasteiger partial charge in [-0.15, -0.1) is 0 Å². The van der Waals surface area contributed by atoms with Gasteiger partial charge in [0.15, 0.2) is 17.1 Å². The number of aryl methyl sites for hydroxylation is 1. The van der Waals surface area contributed by atoms with Crippen molar-refractivity contribution in [1.29, 1.82) is 0 Å². The Morgan fingerprint density at radius 3 is 2.27 bits per heavy atom. The highest BCUT2D eigenvalue weighted by Crippen LogP contribution is 2.41. The molecule has 0 unspecified atom stereocenters. The van der Waals surface area contributed by atoms with Crippen LogP contribution < -0.4 is 15.9 Å². The summed E-state index contributed by atoms with van der Waals surface area (Å²) in [5, 5.41) is 0. The Morgan fingerprint density at radius 2 is 1.70 bits per heavy atom. The molecule has 33 heavy (non-hydrogen) atoms.